The van der Waals surface area contributed by atoms with E-state index < -0.39 is 0 Å². The van der Waals surface area contributed by atoms with Crippen LogP contribution in [-0.4, -0.2) is 12.5 Å². The third-order valence-electron chi connectivity index (χ3n) is 2.68. The van der Waals surface area contributed by atoms with Gasteiger partial charge in [-0.1, -0.05) is 12.1 Å². The molecule has 0 spiro atoms. The number of carbonyl (C=O) groups excluding carboxylic acids is 1. The van der Waals surface area contributed by atoms with Crippen molar-refractivity contribution in [2.75, 3.05) is 6.54 Å². The standard InChI is InChI=1S/C14H17NOS2/c16-14(7-1-4-12-5-2-10-17-12)15-9-8-13-6-3-11-18-13/h2-3,5-6,10-11H,1,4,7-9H2,(H,15,16). The minimum atomic E-state index is 0.170. The highest BCUT2D eigenvalue weighted by atomic mass is 32.1. The van der Waals surface area contributed by atoms with Gasteiger partial charge in [0, 0.05) is 22.7 Å². The molecule has 0 unspecified atom stereocenters. The second-order valence-electron chi connectivity index (χ2n) is 4.11. The third kappa shape index (κ3) is 4.63. The molecule has 0 fully saturated rings. The average molecular weight is 279 g/mol. The largest absolute Gasteiger partial charge is 0.356 e. The molecule has 1 amide bonds. The van der Waals surface area contributed by atoms with Crippen molar-refractivity contribution in [2.24, 2.45) is 0 Å². The lowest BCUT2D eigenvalue weighted by Crippen LogP contribution is -2.25. The molecule has 2 aromatic rings. The lowest BCUT2D eigenvalue weighted by Gasteiger charge is -2.03. The van der Waals surface area contributed by atoms with Gasteiger partial charge in [0.15, 0.2) is 0 Å². The quantitative estimate of drug-likeness (QED) is 0.826. The number of hydrogen-bond acceptors (Lipinski definition) is 3. The van der Waals surface area contributed by atoms with Gasteiger partial charge >= 0.3 is 0 Å². The summed E-state index contributed by atoms with van der Waals surface area (Å²) >= 11 is 3.50. The molecular formula is C14H17NOS2. The minimum Gasteiger partial charge on any atom is -0.356 e. The number of hydrogen-bond donors (Lipinski definition) is 1. The third-order valence-corrected chi connectivity index (χ3v) is 4.55. The Morgan fingerprint density at radius 1 is 1.06 bits per heavy atom. The van der Waals surface area contributed by atoms with E-state index in [1.54, 1.807) is 22.7 Å². The summed E-state index contributed by atoms with van der Waals surface area (Å²) in [6.45, 7) is 0.748. The lowest BCUT2D eigenvalue weighted by molar-refractivity contribution is -0.121. The molecule has 18 heavy (non-hydrogen) atoms. The molecule has 0 saturated heterocycles. The van der Waals surface area contributed by atoms with Gasteiger partial charge in [-0.2, -0.15) is 0 Å². The smallest absolute Gasteiger partial charge is 0.220 e. The fourth-order valence-electron chi connectivity index (χ4n) is 1.75. The van der Waals surface area contributed by atoms with Crippen LogP contribution >= 0.6 is 22.7 Å². The van der Waals surface area contributed by atoms with Crippen LogP contribution in [0.4, 0.5) is 0 Å². The Morgan fingerprint density at radius 2 is 1.72 bits per heavy atom. The van der Waals surface area contributed by atoms with Crippen LogP contribution in [0.25, 0.3) is 0 Å². The Kier molecular flexibility index (Phi) is 5.42. The maximum Gasteiger partial charge on any atom is 0.220 e. The van der Waals surface area contributed by atoms with Crippen molar-refractivity contribution in [1.82, 2.24) is 5.32 Å². The fraction of sp³-hybridized carbons (Fsp3) is 0.357. The molecule has 0 aromatic carbocycles. The molecule has 2 nitrogen and oxygen atoms in total. The Balaban J connectivity index is 1.55. The van der Waals surface area contributed by atoms with Crippen molar-refractivity contribution in [3.63, 3.8) is 0 Å². The summed E-state index contributed by atoms with van der Waals surface area (Å²) in [5.74, 6) is 0.170. The Labute approximate surface area is 116 Å². The molecule has 0 atom stereocenters. The van der Waals surface area contributed by atoms with E-state index in [-0.39, 0.29) is 5.91 Å². The van der Waals surface area contributed by atoms with Crippen molar-refractivity contribution >= 4 is 28.6 Å². The monoisotopic (exact) mass is 279 g/mol. The highest BCUT2D eigenvalue weighted by Crippen LogP contribution is 2.12. The molecular weight excluding hydrogens is 262 g/mol. The number of amides is 1. The first-order valence-electron chi connectivity index (χ1n) is 6.16. The van der Waals surface area contributed by atoms with Crippen molar-refractivity contribution < 1.29 is 4.79 Å². The number of aryl methyl sites for hydroxylation is 1. The van der Waals surface area contributed by atoms with E-state index in [1.807, 2.05) is 6.07 Å². The van der Waals surface area contributed by atoms with Gasteiger partial charge in [-0.3, -0.25) is 4.79 Å². The molecule has 0 bridgehead atoms. The number of nitrogens with one attached hydrogen (secondary N) is 1. The number of thiophene rings is 2. The van der Waals surface area contributed by atoms with Crippen LogP contribution in [-0.2, 0) is 17.6 Å². The van der Waals surface area contributed by atoms with Gasteiger partial charge in [0.1, 0.15) is 0 Å². The highest BCUT2D eigenvalue weighted by molar-refractivity contribution is 7.10. The summed E-state index contributed by atoms with van der Waals surface area (Å²) in [5.41, 5.74) is 0. The van der Waals surface area contributed by atoms with Crippen molar-refractivity contribution in [3.05, 3.63) is 44.8 Å². The van der Waals surface area contributed by atoms with Crippen LogP contribution in [0.5, 0.6) is 0 Å². The molecule has 0 aliphatic carbocycles. The number of rotatable bonds is 7. The van der Waals surface area contributed by atoms with E-state index in [0.29, 0.717) is 6.42 Å². The maximum absolute atomic E-state index is 11.6. The van der Waals surface area contributed by atoms with E-state index in [1.165, 1.54) is 9.75 Å². The normalized spacial score (nSPS) is 10.4. The molecule has 0 aliphatic heterocycles. The van der Waals surface area contributed by atoms with Crippen molar-refractivity contribution in [2.45, 2.75) is 25.7 Å². The molecule has 2 rings (SSSR count). The lowest BCUT2D eigenvalue weighted by atomic mass is 10.2. The summed E-state index contributed by atoms with van der Waals surface area (Å²) in [4.78, 5) is 14.3. The van der Waals surface area contributed by atoms with Crippen LogP contribution in [0.2, 0.25) is 0 Å². The van der Waals surface area contributed by atoms with E-state index >= 15 is 0 Å². The zero-order valence-corrected chi connectivity index (χ0v) is 11.9. The van der Waals surface area contributed by atoms with Crippen LogP contribution in [0.1, 0.15) is 22.6 Å². The Morgan fingerprint density at radius 3 is 2.33 bits per heavy atom. The summed E-state index contributed by atoms with van der Waals surface area (Å²) in [7, 11) is 0. The Bertz CT molecular complexity index is 406. The van der Waals surface area contributed by atoms with E-state index in [4.69, 9.17) is 0 Å². The summed E-state index contributed by atoms with van der Waals surface area (Å²) in [6.07, 6.45) is 3.51. The molecule has 0 radical (unpaired) electrons. The Hall–Kier alpha value is -1.13. The predicted octanol–water partition coefficient (Wildman–Crippen LogP) is 3.49. The SMILES string of the molecule is O=C(CCCc1cccs1)NCCc1cccs1. The maximum atomic E-state index is 11.6. The zero-order chi connectivity index (χ0) is 12.6. The van der Waals surface area contributed by atoms with Crippen LogP contribution in [0.15, 0.2) is 35.0 Å². The van der Waals surface area contributed by atoms with Crippen LogP contribution in [0, 0.1) is 0 Å². The molecule has 0 aliphatic rings. The molecule has 4 heteroatoms. The second-order valence-corrected chi connectivity index (χ2v) is 6.18. The first-order chi connectivity index (χ1) is 8.84. The first kappa shape index (κ1) is 13.3. The van der Waals surface area contributed by atoms with Crippen LogP contribution in [0.3, 0.4) is 0 Å². The van der Waals surface area contributed by atoms with Crippen molar-refractivity contribution in [1.29, 1.82) is 0 Å². The highest BCUT2D eigenvalue weighted by Gasteiger charge is 2.02. The molecule has 2 heterocycles. The summed E-state index contributed by atoms with van der Waals surface area (Å²) in [6, 6.07) is 8.33. The van der Waals surface area contributed by atoms with Gasteiger partial charge in [-0.25, -0.2) is 0 Å². The molecule has 2 aromatic heterocycles. The summed E-state index contributed by atoms with van der Waals surface area (Å²) < 4.78 is 0. The molecule has 0 saturated carbocycles. The minimum absolute atomic E-state index is 0.170. The summed E-state index contributed by atoms with van der Waals surface area (Å²) in [5, 5.41) is 7.12. The number of carbonyl (C=O) groups is 1. The van der Waals surface area contributed by atoms with E-state index in [9.17, 15) is 4.79 Å². The van der Waals surface area contributed by atoms with Gasteiger partial charge in [0.05, 0.1) is 0 Å². The predicted molar refractivity (Wildman–Crippen MR) is 78.3 cm³/mol. The topological polar surface area (TPSA) is 29.1 Å². The van der Waals surface area contributed by atoms with Gasteiger partial charge in [-0.05, 0) is 42.2 Å². The van der Waals surface area contributed by atoms with Gasteiger partial charge in [-0.15, -0.1) is 22.7 Å². The van der Waals surface area contributed by atoms with E-state index in [0.717, 1.165) is 25.8 Å². The van der Waals surface area contributed by atoms with Gasteiger partial charge in [0.2, 0.25) is 5.91 Å². The zero-order valence-electron chi connectivity index (χ0n) is 10.2. The first-order valence-corrected chi connectivity index (χ1v) is 7.92. The average Bonchev–Trinajstić information content (AvgIpc) is 3.01. The second kappa shape index (κ2) is 7.34. The van der Waals surface area contributed by atoms with E-state index in [2.05, 4.69) is 34.3 Å². The van der Waals surface area contributed by atoms with Gasteiger partial charge in [0.25, 0.3) is 0 Å². The van der Waals surface area contributed by atoms with Crippen LogP contribution < -0.4 is 5.32 Å². The molecule has 1 N–H and O–H groups in total. The fourth-order valence-corrected chi connectivity index (χ4v) is 3.21. The van der Waals surface area contributed by atoms with Gasteiger partial charge < -0.3 is 5.32 Å². The molecule has 96 valence electrons. The van der Waals surface area contributed by atoms with Crippen molar-refractivity contribution in [3.8, 4) is 0 Å².